The van der Waals surface area contributed by atoms with Crippen LogP contribution < -0.4 is 11.5 Å². The lowest BCUT2D eigenvalue weighted by atomic mass is 10.2. The van der Waals surface area contributed by atoms with Gasteiger partial charge in [0.05, 0.1) is 0 Å². The zero-order chi connectivity index (χ0) is 14.4. The minimum Gasteiger partial charge on any atom is -0.480 e. The summed E-state index contributed by atoms with van der Waals surface area (Å²) >= 11 is 0. The minimum absolute atomic E-state index is 0.464. The first-order chi connectivity index (χ1) is 7.64. The molecule has 0 radical (unpaired) electrons. The molecule has 0 saturated carbocycles. The van der Waals surface area contributed by atoms with E-state index in [-0.39, 0.29) is 0 Å². The summed E-state index contributed by atoms with van der Waals surface area (Å²) < 4.78 is 0. The van der Waals surface area contributed by atoms with Crippen LogP contribution in [-0.4, -0.2) is 44.3 Å². The van der Waals surface area contributed by atoms with Gasteiger partial charge in [-0.25, -0.2) is 0 Å². The third kappa shape index (κ3) is 57.2. The molecule has 12 nitrogen and oxygen atoms in total. The van der Waals surface area contributed by atoms with Gasteiger partial charge < -0.3 is 27.0 Å². The van der Waals surface area contributed by atoms with Crippen LogP contribution in [0.3, 0.4) is 0 Å². The Morgan fingerprint density at radius 3 is 1.71 bits per heavy atom. The van der Waals surface area contributed by atoms with Gasteiger partial charge in [-0.05, 0) is 19.4 Å². The molecule has 0 spiro atoms. The molecule has 1 atom stereocenters. The molecule has 12 heteroatoms. The molecule has 0 aromatic heterocycles. The molecule has 0 aromatic carbocycles. The molecule has 0 fully saturated rings. The Hall–Kier alpha value is -2.21. The van der Waals surface area contributed by atoms with E-state index in [1.807, 2.05) is 0 Å². The third-order valence-corrected chi connectivity index (χ3v) is 1.04. The van der Waals surface area contributed by atoms with Gasteiger partial charge in [0.15, 0.2) is 0 Å². The molecule has 0 aromatic rings. The summed E-state index contributed by atoms with van der Waals surface area (Å²) in [5.41, 5.74) is 10.3. The lowest BCUT2D eigenvalue weighted by Gasteiger charge is -2.02. The average Bonchev–Trinajstić information content (AvgIpc) is 2.12. The van der Waals surface area contributed by atoms with E-state index in [2.05, 4.69) is 0 Å². The molecule has 0 rings (SSSR count). The van der Waals surface area contributed by atoms with Gasteiger partial charge in [-0.2, -0.15) is 0 Å². The van der Waals surface area contributed by atoms with E-state index in [9.17, 15) is 4.79 Å². The molecule has 0 aliphatic carbocycles. The normalized spacial score (nSPS) is 9.76. The van der Waals surface area contributed by atoms with Crippen molar-refractivity contribution >= 4 is 5.97 Å². The molecule has 0 amide bonds. The van der Waals surface area contributed by atoms with E-state index in [0.717, 1.165) is 0 Å². The van der Waals surface area contributed by atoms with Crippen molar-refractivity contribution in [2.45, 2.75) is 18.9 Å². The second-order valence-electron chi connectivity index (χ2n) is 2.35. The van der Waals surface area contributed by atoms with Crippen LogP contribution in [0.1, 0.15) is 12.8 Å². The van der Waals surface area contributed by atoms with Crippen LogP contribution in [0.25, 0.3) is 0 Å². The molecule has 0 saturated heterocycles. The van der Waals surface area contributed by atoms with Gasteiger partial charge >= 0.3 is 5.97 Å². The van der Waals surface area contributed by atoms with Crippen molar-refractivity contribution in [1.29, 1.82) is 0 Å². The molecule has 0 aliphatic heterocycles. The summed E-state index contributed by atoms with van der Waals surface area (Å²) in [5, 5.41) is 35.5. The first-order valence-corrected chi connectivity index (χ1v) is 4.00. The number of carboxylic acids is 1. The van der Waals surface area contributed by atoms with Gasteiger partial charge in [-0.15, -0.1) is 20.2 Å². The highest BCUT2D eigenvalue weighted by molar-refractivity contribution is 5.72. The number of rotatable bonds is 4. The number of carbonyl (C=O) groups is 1. The summed E-state index contributed by atoms with van der Waals surface area (Å²) in [6.45, 7) is 0.501. The SMILES string of the molecule is NCCC[C@@H](N)C(=O)O.O=[N+]([O-])O.O=[N+]([O-])O. The molecular weight excluding hydrogens is 244 g/mol. The van der Waals surface area contributed by atoms with Crippen LogP contribution in [0.15, 0.2) is 0 Å². The smallest absolute Gasteiger partial charge is 0.320 e. The highest BCUT2D eigenvalue weighted by Crippen LogP contribution is 1.91. The molecule has 0 heterocycles. The Balaban J connectivity index is -0.000000205. The zero-order valence-corrected chi connectivity index (χ0v) is 8.63. The number of aliphatic carboxylic acids is 1. The molecule has 7 N–H and O–H groups in total. The summed E-state index contributed by atoms with van der Waals surface area (Å²) in [6.07, 6.45) is 1.14. The lowest BCUT2D eigenvalue weighted by Crippen LogP contribution is -2.30. The van der Waals surface area contributed by atoms with E-state index >= 15 is 0 Å². The monoisotopic (exact) mass is 258 g/mol. The Bertz CT molecular complexity index is 214. The highest BCUT2D eigenvalue weighted by atomic mass is 16.9. The Labute approximate surface area is 94.6 Å². The fourth-order valence-electron chi connectivity index (χ4n) is 0.461. The summed E-state index contributed by atoms with van der Waals surface area (Å²) in [4.78, 5) is 26.8. The highest BCUT2D eigenvalue weighted by Gasteiger charge is 2.08. The van der Waals surface area contributed by atoms with Crippen LogP contribution in [0.5, 0.6) is 0 Å². The van der Waals surface area contributed by atoms with Crippen molar-refractivity contribution in [1.82, 2.24) is 0 Å². The topological polar surface area (TPSA) is 216 Å². The predicted octanol–water partition coefficient (Wildman–Crippen LogP) is -1.56. The molecule has 0 unspecified atom stereocenters. The first-order valence-electron chi connectivity index (χ1n) is 4.00. The lowest BCUT2D eigenvalue weighted by molar-refractivity contribution is -0.742. The largest absolute Gasteiger partial charge is 0.480 e. The second-order valence-corrected chi connectivity index (χ2v) is 2.35. The average molecular weight is 258 g/mol. The number of hydrogen-bond donors (Lipinski definition) is 5. The van der Waals surface area contributed by atoms with Gasteiger partial charge in [0, 0.05) is 0 Å². The van der Waals surface area contributed by atoms with Crippen LogP contribution in [0.2, 0.25) is 0 Å². The maximum absolute atomic E-state index is 10.0. The van der Waals surface area contributed by atoms with Crippen LogP contribution in [-0.2, 0) is 4.79 Å². The summed E-state index contributed by atoms with van der Waals surface area (Å²) in [7, 11) is 0. The molecule has 0 aliphatic rings. The van der Waals surface area contributed by atoms with Crippen LogP contribution in [0.4, 0.5) is 0 Å². The third-order valence-electron chi connectivity index (χ3n) is 1.04. The predicted molar refractivity (Wildman–Crippen MR) is 51.5 cm³/mol. The fourth-order valence-corrected chi connectivity index (χ4v) is 0.461. The van der Waals surface area contributed by atoms with Crippen molar-refractivity contribution in [2.75, 3.05) is 6.54 Å². The van der Waals surface area contributed by atoms with Crippen molar-refractivity contribution in [3.05, 3.63) is 20.2 Å². The van der Waals surface area contributed by atoms with Crippen molar-refractivity contribution in [2.24, 2.45) is 11.5 Å². The van der Waals surface area contributed by atoms with E-state index < -0.39 is 22.2 Å². The Kier molecular flexibility index (Phi) is 16.4. The van der Waals surface area contributed by atoms with Gasteiger partial charge in [0.1, 0.15) is 6.04 Å². The summed E-state index contributed by atoms with van der Waals surface area (Å²) in [6, 6.07) is -0.742. The van der Waals surface area contributed by atoms with E-state index in [1.165, 1.54) is 0 Å². The van der Waals surface area contributed by atoms with Gasteiger partial charge in [0.2, 0.25) is 0 Å². The van der Waals surface area contributed by atoms with Crippen molar-refractivity contribution < 1.29 is 30.5 Å². The number of nitrogens with two attached hydrogens (primary N) is 2. The number of hydrogen-bond acceptors (Lipinski definition) is 7. The Morgan fingerprint density at radius 2 is 1.53 bits per heavy atom. The number of carboxylic acid groups (broad SMARTS) is 1. The maximum Gasteiger partial charge on any atom is 0.320 e. The quantitative estimate of drug-likeness (QED) is 0.288. The van der Waals surface area contributed by atoms with E-state index in [4.69, 9.17) is 47.2 Å². The fraction of sp³-hybridized carbons (Fsp3) is 0.800. The van der Waals surface area contributed by atoms with Gasteiger partial charge in [0.25, 0.3) is 10.2 Å². The molecule has 17 heavy (non-hydrogen) atoms. The van der Waals surface area contributed by atoms with Crippen molar-refractivity contribution in [3.63, 3.8) is 0 Å². The van der Waals surface area contributed by atoms with Crippen LogP contribution in [0, 0.1) is 20.2 Å². The van der Waals surface area contributed by atoms with Crippen molar-refractivity contribution in [3.8, 4) is 0 Å². The first kappa shape index (κ1) is 20.2. The number of nitrogens with zero attached hydrogens (tertiary/aromatic N) is 2. The minimum atomic E-state index is -1.50. The zero-order valence-electron chi connectivity index (χ0n) is 8.63. The molecular formula is C5H14N4O8. The van der Waals surface area contributed by atoms with Gasteiger partial charge in [-0.3, -0.25) is 4.79 Å². The van der Waals surface area contributed by atoms with Gasteiger partial charge in [-0.1, -0.05) is 0 Å². The standard InChI is InChI=1S/C5H12N2O2.2HNO3/c6-3-1-2-4(7)5(8)9;2*2-1(3)4/h4H,1-3,6-7H2,(H,8,9);2*(H,2,3,4)/t4-;;/m1../s1. The second kappa shape index (κ2) is 13.8. The molecule has 0 bridgehead atoms. The van der Waals surface area contributed by atoms with Crippen LogP contribution >= 0.6 is 0 Å². The summed E-state index contributed by atoms with van der Waals surface area (Å²) in [5.74, 6) is -0.955. The maximum atomic E-state index is 10.0. The molecule has 102 valence electrons. The van der Waals surface area contributed by atoms with E-state index in [1.54, 1.807) is 0 Å². The Morgan fingerprint density at radius 1 is 1.24 bits per heavy atom. The van der Waals surface area contributed by atoms with E-state index in [0.29, 0.717) is 19.4 Å².